The molecule has 0 aromatic heterocycles. The van der Waals surface area contributed by atoms with Crippen LogP contribution >= 0.6 is 0 Å². The van der Waals surface area contributed by atoms with E-state index in [1.165, 1.54) is 6.07 Å². The molecule has 0 radical (unpaired) electrons. The number of anilines is 2. The number of hydrogen-bond acceptors (Lipinski definition) is 3. The van der Waals surface area contributed by atoms with E-state index in [9.17, 15) is 13.2 Å². The van der Waals surface area contributed by atoms with Gasteiger partial charge in [-0.25, -0.2) is 0 Å². The highest BCUT2D eigenvalue weighted by Gasteiger charge is 2.35. The van der Waals surface area contributed by atoms with Crippen LogP contribution < -0.4 is 10.2 Å². The van der Waals surface area contributed by atoms with Crippen molar-refractivity contribution in [1.82, 2.24) is 4.90 Å². The summed E-state index contributed by atoms with van der Waals surface area (Å²) < 4.78 is 40.2. The lowest BCUT2D eigenvalue weighted by Gasteiger charge is -2.36. The zero-order valence-electron chi connectivity index (χ0n) is 13.4. The third-order valence-corrected chi connectivity index (χ3v) is 3.92. The SMILES string of the molecule is CCN1CCN(c2ccc(NC(C)C)cc2C(F)(F)F)CC1. The number of nitrogens with zero attached hydrogens (tertiary/aromatic N) is 2. The summed E-state index contributed by atoms with van der Waals surface area (Å²) in [6.45, 7) is 9.71. The highest BCUT2D eigenvalue weighted by Crippen LogP contribution is 2.38. The number of piperazine rings is 1. The quantitative estimate of drug-likeness (QED) is 0.914. The first-order valence-corrected chi connectivity index (χ1v) is 7.76. The van der Waals surface area contributed by atoms with E-state index in [1.807, 2.05) is 18.7 Å². The Morgan fingerprint density at radius 2 is 1.77 bits per heavy atom. The van der Waals surface area contributed by atoms with Gasteiger partial charge in [-0.3, -0.25) is 0 Å². The second kappa shape index (κ2) is 6.77. The number of nitrogens with one attached hydrogen (secondary N) is 1. The summed E-state index contributed by atoms with van der Waals surface area (Å²) in [6, 6.07) is 4.65. The van der Waals surface area contributed by atoms with Gasteiger partial charge in [-0.15, -0.1) is 0 Å². The maximum Gasteiger partial charge on any atom is 0.418 e. The highest BCUT2D eigenvalue weighted by atomic mass is 19.4. The van der Waals surface area contributed by atoms with Crippen LogP contribution in [0.5, 0.6) is 0 Å². The Kier molecular flexibility index (Phi) is 5.21. The van der Waals surface area contributed by atoms with E-state index < -0.39 is 11.7 Å². The third-order valence-electron chi connectivity index (χ3n) is 3.92. The number of likely N-dealkylation sites (N-methyl/N-ethyl adjacent to an activating group) is 1. The van der Waals surface area contributed by atoms with Gasteiger partial charge in [-0.1, -0.05) is 6.92 Å². The average molecular weight is 315 g/mol. The summed E-state index contributed by atoms with van der Waals surface area (Å²) in [6.07, 6.45) is -4.34. The lowest BCUT2D eigenvalue weighted by Crippen LogP contribution is -2.46. The molecule has 2 rings (SSSR count). The van der Waals surface area contributed by atoms with Crippen LogP contribution in [0.25, 0.3) is 0 Å². The molecule has 1 aliphatic heterocycles. The smallest absolute Gasteiger partial charge is 0.383 e. The second-order valence-corrected chi connectivity index (χ2v) is 5.95. The van der Waals surface area contributed by atoms with E-state index in [1.54, 1.807) is 12.1 Å². The van der Waals surface area contributed by atoms with Crippen LogP contribution in [0.15, 0.2) is 18.2 Å². The van der Waals surface area contributed by atoms with Crippen LogP contribution in [-0.2, 0) is 6.18 Å². The predicted molar refractivity (Wildman–Crippen MR) is 84.5 cm³/mol. The molecule has 0 aliphatic carbocycles. The average Bonchev–Trinajstić information content (AvgIpc) is 2.46. The fourth-order valence-electron chi connectivity index (χ4n) is 2.77. The fraction of sp³-hybridized carbons (Fsp3) is 0.625. The second-order valence-electron chi connectivity index (χ2n) is 5.95. The lowest BCUT2D eigenvalue weighted by molar-refractivity contribution is -0.137. The van der Waals surface area contributed by atoms with Crippen LogP contribution in [0.3, 0.4) is 0 Å². The highest BCUT2D eigenvalue weighted by molar-refractivity contribution is 5.62. The lowest BCUT2D eigenvalue weighted by atomic mass is 10.1. The molecule has 124 valence electrons. The number of halogens is 3. The van der Waals surface area contributed by atoms with Crippen molar-refractivity contribution < 1.29 is 13.2 Å². The maximum absolute atomic E-state index is 13.4. The normalized spacial score (nSPS) is 17.1. The Morgan fingerprint density at radius 1 is 1.14 bits per heavy atom. The van der Waals surface area contributed by atoms with Gasteiger partial charge in [0.1, 0.15) is 0 Å². The van der Waals surface area contributed by atoms with Gasteiger partial charge in [-0.05, 0) is 38.6 Å². The molecule has 6 heteroatoms. The Labute approximate surface area is 130 Å². The maximum atomic E-state index is 13.4. The Morgan fingerprint density at radius 3 is 2.27 bits per heavy atom. The van der Waals surface area contributed by atoms with E-state index in [0.717, 1.165) is 19.6 Å². The van der Waals surface area contributed by atoms with Gasteiger partial charge in [-0.2, -0.15) is 13.2 Å². The number of hydrogen-bond donors (Lipinski definition) is 1. The first-order valence-electron chi connectivity index (χ1n) is 7.76. The van der Waals surface area contributed by atoms with Crippen LogP contribution in [0.4, 0.5) is 24.5 Å². The molecule has 1 aromatic rings. The van der Waals surface area contributed by atoms with Crippen molar-refractivity contribution in [2.75, 3.05) is 42.9 Å². The van der Waals surface area contributed by atoms with Gasteiger partial charge in [0.15, 0.2) is 0 Å². The summed E-state index contributed by atoms with van der Waals surface area (Å²) in [5.74, 6) is 0. The van der Waals surface area contributed by atoms with E-state index in [-0.39, 0.29) is 11.7 Å². The van der Waals surface area contributed by atoms with Crippen LogP contribution in [0.2, 0.25) is 0 Å². The largest absolute Gasteiger partial charge is 0.418 e. The number of rotatable bonds is 4. The van der Waals surface area contributed by atoms with E-state index in [2.05, 4.69) is 17.1 Å². The van der Waals surface area contributed by atoms with Crippen molar-refractivity contribution >= 4 is 11.4 Å². The molecule has 0 saturated carbocycles. The van der Waals surface area contributed by atoms with Crippen molar-refractivity contribution in [2.45, 2.75) is 33.0 Å². The Bertz CT molecular complexity index is 492. The summed E-state index contributed by atoms with van der Waals surface area (Å²) in [5, 5.41) is 3.04. The van der Waals surface area contributed by atoms with Crippen molar-refractivity contribution in [3.05, 3.63) is 23.8 Å². The van der Waals surface area contributed by atoms with Crippen LogP contribution in [0.1, 0.15) is 26.3 Å². The summed E-state index contributed by atoms with van der Waals surface area (Å²) in [5.41, 5.74) is 0.249. The molecule has 1 aromatic carbocycles. The first kappa shape index (κ1) is 16.9. The van der Waals surface area contributed by atoms with Crippen LogP contribution in [-0.4, -0.2) is 43.7 Å². The summed E-state index contributed by atoms with van der Waals surface area (Å²) >= 11 is 0. The molecule has 3 nitrogen and oxygen atoms in total. The van der Waals surface area contributed by atoms with Gasteiger partial charge < -0.3 is 15.1 Å². The summed E-state index contributed by atoms with van der Waals surface area (Å²) in [4.78, 5) is 4.09. The minimum Gasteiger partial charge on any atom is -0.383 e. The van der Waals surface area contributed by atoms with E-state index in [0.29, 0.717) is 18.8 Å². The standard InChI is InChI=1S/C16H24F3N3/c1-4-21-7-9-22(10-8-21)15-6-5-13(20-12(2)3)11-14(15)16(17,18)19/h5-6,11-12,20H,4,7-10H2,1-3H3. The Hall–Kier alpha value is -1.43. The topological polar surface area (TPSA) is 18.5 Å². The van der Waals surface area contributed by atoms with Gasteiger partial charge in [0, 0.05) is 43.6 Å². The molecule has 1 heterocycles. The van der Waals surface area contributed by atoms with Gasteiger partial charge in [0.2, 0.25) is 0 Å². The minimum atomic E-state index is -4.34. The molecule has 1 fully saturated rings. The fourth-order valence-corrected chi connectivity index (χ4v) is 2.77. The monoisotopic (exact) mass is 315 g/mol. The van der Waals surface area contributed by atoms with Gasteiger partial charge >= 0.3 is 6.18 Å². The molecule has 1 aliphatic rings. The van der Waals surface area contributed by atoms with Crippen molar-refractivity contribution in [3.63, 3.8) is 0 Å². The molecule has 0 spiro atoms. The predicted octanol–water partition coefficient (Wildman–Crippen LogP) is 3.67. The molecule has 1 saturated heterocycles. The molecule has 0 unspecified atom stereocenters. The van der Waals surface area contributed by atoms with Crippen molar-refractivity contribution in [2.24, 2.45) is 0 Å². The molecule has 0 amide bonds. The molecule has 0 atom stereocenters. The molecular formula is C16H24F3N3. The first-order chi connectivity index (χ1) is 10.3. The zero-order chi connectivity index (χ0) is 16.3. The molecule has 1 N–H and O–H groups in total. The number of alkyl halides is 3. The molecule has 22 heavy (non-hydrogen) atoms. The van der Waals surface area contributed by atoms with Gasteiger partial charge in [0.05, 0.1) is 5.56 Å². The molecule has 0 bridgehead atoms. The summed E-state index contributed by atoms with van der Waals surface area (Å²) in [7, 11) is 0. The van der Waals surface area contributed by atoms with E-state index >= 15 is 0 Å². The zero-order valence-corrected chi connectivity index (χ0v) is 13.4. The minimum absolute atomic E-state index is 0.0973. The number of benzene rings is 1. The molecular weight excluding hydrogens is 291 g/mol. The van der Waals surface area contributed by atoms with Crippen LogP contribution in [0, 0.1) is 0 Å². The Balaban J connectivity index is 2.27. The van der Waals surface area contributed by atoms with E-state index in [4.69, 9.17) is 0 Å². The van der Waals surface area contributed by atoms with Gasteiger partial charge in [0.25, 0.3) is 0 Å². The van der Waals surface area contributed by atoms with Crippen molar-refractivity contribution in [1.29, 1.82) is 0 Å². The van der Waals surface area contributed by atoms with Crippen molar-refractivity contribution in [3.8, 4) is 0 Å². The third kappa shape index (κ3) is 4.06.